The molecule has 2 aromatic rings. The van der Waals surface area contributed by atoms with Gasteiger partial charge in [0.25, 0.3) is 17.2 Å². The number of hydrogen-bond acceptors (Lipinski definition) is 7. The van der Waals surface area contributed by atoms with E-state index in [9.17, 15) is 25.4 Å². The van der Waals surface area contributed by atoms with Crippen LogP contribution < -0.4 is 5.43 Å². The number of benzene rings is 2. The van der Waals surface area contributed by atoms with Crippen LogP contribution in [0.15, 0.2) is 53.8 Å². The smallest absolute Gasteiger partial charge is 0.282 e. The van der Waals surface area contributed by atoms with Gasteiger partial charge in [0.05, 0.1) is 21.5 Å². The molecule has 2 N–H and O–H groups in total. The van der Waals surface area contributed by atoms with Crippen LogP contribution in [-0.4, -0.2) is 20.5 Å². The Kier molecular flexibility index (Phi) is 4.75. The Balaban J connectivity index is 2.17. The fourth-order valence-electron chi connectivity index (χ4n) is 1.72. The fourth-order valence-corrected chi connectivity index (χ4v) is 1.72. The standard InChI is InChI=1S/C13H10N6O5/c14-13(9-3-1-5-11(7-9)18(21)22)17(20)16-15-10-4-2-6-12(8-10)19(23)24/h1-8,14-15H/b14-13?,17-16-. The molecule has 0 unspecified atom stereocenters. The lowest BCUT2D eigenvalue weighted by molar-refractivity contribution is -0.407. The van der Waals surface area contributed by atoms with E-state index in [1.165, 1.54) is 36.4 Å². The maximum absolute atomic E-state index is 11.8. The van der Waals surface area contributed by atoms with E-state index in [1.807, 2.05) is 0 Å². The van der Waals surface area contributed by atoms with Gasteiger partial charge in [0, 0.05) is 23.4 Å². The molecule has 0 heterocycles. The predicted octanol–water partition coefficient (Wildman–Crippen LogP) is 2.82. The van der Waals surface area contributed by atoms with Crippen molar-refractivity contribution in [3.63, 3.8) is 0 Å². The molecule has 0 amide bonds. The van der Waals surface area contributed by atoms with Gasteiger partial charge in [-0.1, -0.05) is 12.1 Å². The average molecular weight is 330 g/mol. The summed E-state index contributed by atoms with van der Waals surface area (Å²) >= 11 is 0. The molecule has 0 spiro atoms. The van der Waals surface area contributed by atoms with Crippen molar-refractivity contribution in [2.24, 2.45) is 5.22 Å². The Morgan fingerprint density at radius 2 is 1.54 bits per heavy atom. The third-order valence-corrected chi connectivity index (χ3v) is 2.85. The summed E-state index contributed by atoms with van der Waals surface area (Å²) in [5.41, 5.74) is 2.01. The number of anilines is 1. The summed E-state index contributed by atoms with van der Waals surface area (Å²) in [7, 11) is 0. The molecule has 0 saturated heterocycles. The van der Waals surface area contributed by atoms with Crippen LogP contribution in [-0.2, 0) is 0 Å². The van der Waals surface area contributed by atoms with Crippen molar-refractivity contribution in [2.45, 2.75) is 0 Å². The summed E-state index contributed by atoms with van der Waals surface area (Å²) in [6.45, 7) is 0. The molecule has 11 nitrogen and oxygen atoms in total. The van der Waals surface area contributed by atoms with Crippen molar-refractivity contribution in [2.75, 3.05) is 5.43 Å². The molecule has 0 aliphatic heterocycles. The Morgan fingerprint density at radius 3 is 2.17 bits per heavy atom. The number of amidine groups is 1. The summed E-state index contributed by atoms with van der Waals surface area (Å²) in [4.78, 5) is 20.0. The lowest BCUT2D eigenvalue weighted by Crippen LogP contribution is -2.15. The summed E-state index contributed by atoms with van der Waals surface area (Å²) in [5.74, 6) is -0.628. The summed E-state index contributed by atoms with van der Waals surface area (Å²) < 4.78 is 0. The van der Waals surface area contributed by atoms with Crippen LogP contribution in [0.25, 0.3) is 0 Å². The van der Waals surface area contributed by atoms with Crippen molar-refractivity contribution in [3.05, 3.63) is 79.5 Å². The molecular formula is C13H10N6O5. The van der Waals surface area contributed by atoms with Crippen LogP contribution in [0.3, 0.4) is 0 Å². The molecular weight excluding hydrogens is 320 g/mol. The second kappa shape index (κ2) is 6.91. The highest BCUT2D eigenvalue weighted by Crippen LogP contribution is 2.17. The average Bonchev–Trinajstić information content (AvgIpc) is 2.59. The van der Waals surface area contributed by atoms with Crippen molar-refractivity contribution < 1.29 is 14.7 Å². The van der Waals surface area contributed by atoms with Gasteiger partial charge in [-0.3, -0.25) is 20.2 Å². The van der Waals surface area contributed by atoms with Crippen LogP contribution in [0, 0.1) is 30.8 Å². The zero-order valence-corrected chi connectivity index (χ0v) is 11.9. The van der Waals surface area contributed by atoms with Gasteiger partial charge in [0.15, 0.2) is 0 Å². The lowest BCUT2D eigenvalue weighted by atomic mass is 10.2. The Labute approximate surface area is 134 Å². The normalized spacial score (nSPS) is 10.9. The molecule has 2 rings (SSSR count). The van der Waals surface area contributed by atoms with E-state index in [2.05, 4.69) is 10.6 Å². The second-order valence-corrected chi connectivity index (χ2v) is 4.45. The van der Waals surface area contributed by atoms with E-state index in [1.54, 1.807) is 0 Å². The first kappa shape index (κ1) is 16.5. The van der Waals surface area contributed by atoms with Gasteiger partial charge in [0.1, 0.15) is 5.69 Å². The minimum Gasteiger partial charge on any atom is -0.722 e. The van der Waals surface area contributed by atoms with Gasteiger partial charge >= 0.3 is 0 Å². The number of hydroxylamine groups is 1. The van der Waals surface area contributed by atoms with Crippen LogP contribution in [0.5, 0.6) is 0 Å². The maximum atomic E-state index is 11.8. The van der Waals surface area contributed by atoms with Crippen molar-refractivity contribution >= 4 is 22.9 Å². The third-order valence-electron chi connectivity index (χ3n) is 2.85. The first-order chi connectivity index (χ1) is 11.4. The van der Waals surface area contributed by atoms with Gasteiger partial charge in [-0.25, -0.2) is 0 Å². The van der Waals surface area contributed by atoms with Gasteiger partial charge in [-0.05, 0) is 12.1 Å². The number of hydrogen-bond donors (Lipinski definition) is 2. The van der Waals surface area contributed by atoms with Gasteiger partial charge in [0.2, 0.25) is 0 Å². The second-order valence-electron chi connectivity index (χ2n) is 4.45. The number of rotatable bonds is 5. The molecule has 122 valence electrons. The van der Waals surface area contributed by atoms with Crippen LogP contribution in [0.1, 0.15) is 5.56 Å². The van der Waals surface area contributed by atoms with E-state index < -0.39 is 15.7 Å². The Morgan fingerprint density at radius 1 is 0.958 bits per heavy atom. The van der Waals surface area contributed by atoms with Gasteiger partial charge in [-0.15, -0.1) is 4.86 Å². The molecule has 0 saturated carbocycles. The molecule has 24 heavy (non-hydrogen) atoms. The first-order valence-corrected chi connectivity index (χ1v) is 6.40. The summed E-state index contributed by atoms with van der Waals surface area (Å²) in [6, 6.07) is 10.3. The zero-order chi connectivity index (χ0) is 17.7. The predicted molar refractivity (Wildman–Crippen MR) is 82.7 cm³/mol. The van der Waals surface area contributed by atoms with E-state index in [0.29, 0.717) is 0 Å². The minimum absolute atomic E-state index is 0.00351. The number of non-ortho nitro benzene ring substituents is 2. The molecule has 0 radical (unpaired) electrons. The number of nitrogens with zero attached hydrogens (tertiary/aromatic N) is 4. The van der Waals surface area contributed by atoms with E-state index in [0.717, 1.165) is 12.1 Å². The number of nitro groups is 2. The quantitative estimate of drug-likeness (QED) is 0.214. The van der Waals surface area contributed by atoms with Crippen molar-refractivity contribution in [1.82, 2.24) is 0 Å². The molecule has 0 aliphatic rings. The number of nitro benzene ring substituents is 2. The monoisotopic (exact) mass is 330 g/mol. The summed E-state index contributed by atoms with van der Waals surface area (Å²) in [6.07, 6.45) is 0. The fraction of sp³-hybridized carbons (Fsp3) is 0. The largest absolute Gasteiger partial charge is 0.722 e. The Hall–Kier alpha value is -3.89. The van der Waals surface area contributed by atoms with Gasteiger partial charge in [-0.2, -0.15) is 10.8 Å². The van der Waals surface area contributed by atoms with E-state index in [4.69, 9.17) is 5.41 Å². The van der Waals surface area contributed by atoms with E-state index >= 15 is 0 Å². The topological polar surface area (TPSA) is 161 Å². The van der Waals surface area contributed by atoms with Crippen LogP contribution in [0.2, 0.25) is 0 Å². The molecule has 2 aromatic carbocycles. The molecule has 11 heteroatoms. The highest BCUT2D eigenvalue weighted by Gasteiger charge is 2.13. The molecule has 0 fully saturated rings. The highest BCUT2D eigenvalue weighted by molar-refractivity contribution is 5.90. The molecule has 0 aromatic heterocycles. The van der Waals surface area contributed by atoms with Crippen LogP contribution >= 0.6 is 0 Å². The summed E-state index contributed by atoms with van der Waals surface area (Å²) in [5, 5.41) is 44.2. The Bertz CT molecular complexity index is 850. The van der Waals surface area contributed by atoms with E-state index in [-0.39, 0.29) is 27.5 Å². The van der Waals surface area contributed by atoms with Crippen molar-refractivity contribution in [1.29, 1.82) is 5.41 Å². The molecule has 0 aliphatic carbocycles. The SMILES string of the molecule is N=C(c1cccc([N+](=O)[O-])c1)/[N+]([O-])=N/Nc1cccc([N+](=O)[O-])c1. The zero-order valence-electron chi connectivity index (χ0n) is 11.9. The van der Waals surface area contributed by atoms with Crippen LogP contribution in [0.4, 0.5) is 17.1 Å². The molecule has 0 bridgehead atoms. The maximum Gasteiger partial charge on any atom is 0.282 e. The highest BCUT2D eigenvalue weighted by atomic mass is 16.6. The first-order valence-electron chi connectivity index (χ1n) is 6.40. The minimum atomic E-state index is -0.648. The molecule has 0 atom stereocenters. The number of nitrogens with one attached hydrogen (secondary N) is 2. The third kappa shape index (κ3) is 3.85. The van der Waals surface area contributed by atoms with Crippen molar-refractivity contribution in [3.8, 4) is 0 Å². The van der Waals surface area contributed by atoms with Gasteiger partial charge < -0.3 is 5.21 Å². The lowest BCUT2D eigenvalue weighted by Gasteiger charge is -2.07.